The topological polar surface area (TPSA) is 97.9 Å². The number of amides is 1. The summed E-state index contributed by atoms with van der Waals surface area (Å²) in [5, 5.41) is 17.5. The highest BCUT2D eigenvalue weighted by atomic mass is 35.5. The lowest BCUT2D eigenvalue weighted by Gasteiger charge is -2.34. The molecule has 0 N–H and O–H groups in total. The van der Waals surface area contributed by atoms with Crippen LogP contribution in [-0.2, 0) is 6.42 Å². The molecule has 2 aromatic carbocycles. The predicted octanol–water partition coefficient (Wildman–Crippen LogP) is 3.07. The van der Waals surface area contributed by atoms with E-state index in [9.17, 15) is 4.79 Å². The van der Waals surface area contributed by atoms with Crippen LogP contribution in [0.3, 0.4) is 0 Å². The first-order chi connectivity index (χ1) is 16.6. The molecule has 0 radical (unpaired) electrons. The van der Waals surface area contributed by atoms with Gasteiger partial charge < -0.3 is 9.80 Å². The summed E-state index contributed by atoms with van der Waals surface area (Å²) >= 11 is 12.7. The van der Waals surface area contributed by atoms with Crippen molar-refractivity contribution in [3.63, 3.8) is 0 Å². The van der Waals surface area contributed by atoms with Crippen LogP contribution >= 0.6 is 23.2 Å². The van der Waals surface area contributed by atoms with Gasteiger partial charge in [0.2, 0.25) is 11.8 Å². The van der Waals surface area contributed by atoms with E-state index in [1.807, 2.05) is 37.3 Å². The monoisotopic (exact) mass is 497 g/mol. The Morgan fingerprint density at radius 1 is 0.941 bits per heavy atom. The number of anilines is 1. The first-order valence-corrected chi connectivity index (χ1v) is 11.6. The van der Waals surface area contributed by atoms with Crippen molar-refractivity contribution in [2.24, 2.45) is 0 Å². The Kier molecular flexibility index (Phi) is 6.16. The van der Waals surface area contributed by atoms with Gasteiger partial charge in [0.1, 0.15) is 11.5 Å². The van der Waals surface area contributed by atoms with Crippen LogP contribution in [0.2, 0.25) is 10.0 Å². The van der Waals surface area contributed by atoms with E-state index in [2.05, 4.69) is 30.5 Å². The minimum absolute atomic E-state index is 0.121. The van der Waals surface area contributed by atoms with Crippen LogP contribution < -0.4 is 4.90 Å². The fourth-order valence-electron chi connectivity index (χ4n) is 3.90. The maximum Gasteiger partial charge on any atom is 0.293 e. The number of carbonyl (C=O) groups is 1. The number of halogens is 2. The number of para-hydroxylation sites is 2. The highest BCUT2D eigenvalue weighted by Gasteiger charge is 2.28. The third-order valence-electron chi connectivity index (χ3n) is 5.63. The minimum atomic E-state index is -0.237. The Morgan fingerprint density at radius 3 is 2.32 bits per heavy atom. The Hall–Kier alpha value is -3.50. The Balaban J connectivity index is 1.33. The molecule has 1 aliphatic rings. The van der Waals surface area contributed by atoms with E-state index in [4.69, 9.17) is 23.2 Å². The fraction of sp³-hybridized carbons (Fsp3) is 0.273. The lowest BCUT2D eigenvalue weighted by Crippen LogP contribution is -2.49. The fourth-order valence-corrected chi connectivity index (χ4v) is 4.46. The van der Waals surface area contributed by atoms with Crippen LogP contribution in [0, 0.1) is 0 Å². The summed E-state index contributed by atoms with van der Waals surface area (Å²) in [6.45, 7) is 4.08. The standard InChI is InChI=1S/C22H21Cl2N9O/c1-2-18-25-20(27-33(18)19-16(23)9-6-10-17(19)24)21(34)30-11-13-31(14-12-30)22-26-28-29-32(22)15-7-4-3-5-8-15/h3-10H,2,11-14H2,1H3. The summed E-state index contributed by atoms with van der Waals surface area (Å²) in [4.78, 5) is 21.5. The second kappa shape index (κ2) is 9.40. The maximum atomic E-state index is 13.2. The van der Waals surface area contributed by atoms with Gasteiger partial charge in [-0.1, -0.05) is 59.5 Å². The number of hydrogen-bond acceptors (Lipinski definition) is 7. The van der Waals surface area contributed by atoms with Gasteiger partial charge in [-0.3, -0.25) is 4.79 Å². The van der Waals surface area contributed by atoms with Gasteiger partial charge in [-0.15, -0.1) is 5.10 Å². The minimum Gasteiger partial charge on any atom is -0.336 e. The molecule has 2 aromatic heterocycles. The average Bonchev–Trinajstić information content (AvgIpc) is 3.52. The van der Waals surface area contributed by atoms with Gasteiger partial charge in [-0.2, -0.15) is 4.68 Å². The molecule has 0 bridgehead atoms. The van der Waals surface area contributed by atoms with Gasteiger partial charge in [0.15, 0.2) is 0 Å². The van der Waals surface area contributed by atoms with Crippen LogP contribution in [0.5, 0.6) is 0 Å². The zero-order valence-corrected chi connectivity index (χ0v) is 19.9. The summed E-state index contributed by atoms with van der Waals surface area (Å²) in [5.41, 5.74) is 1.40. The van der Waals surface area contributed by atoms with Gasteiger partial charge in [-0.25, -0.2) is 9.67 Å². The first-order valence-electron chi connectivity index (χ1n) is 10.8. The molecular formula is C22H21Cl2N9O. The van der Waals surface area contributed by atoms with Crippen LogP contribution in [0.25, 0.3) is 11.4 Å². The highest BCUT2D eigenvalue weighted by Crippen LogP contribution is 2.29. The smallest absolute Gasteiger partial charge is 0.293 e. The molecule has 12 heteroatoms. The second-order valence-corrected chi connectivity index (χ2v) is 8.51. The number of carbonyl (C=O) groups excluding carboxylic acids is 1. The van der Waals surface area contributed by atoms with Gasteiger partial charge in [-0.05, 0) is 34.7 Å². The number of hydrogen-bond donors (Lipinski definition) is 0. The summed E-state index contributed by atoms with van der Waals surface area (Å²) in [7, 11) is 0. The molecule has 10 nitrogen and oxygen atoms in total. The largest absolute Gasteiger partial charge is 0.336 e. The van der Waals surface area contributed by atoms with E-state index in [0.29, 0.717) is 60.1 Å². The zero-order chi connectivity index (χ0) is 23.7. The molecule has 0 aliphatic carbocycles. The maximum absolute atomic E-state index is 13.2. The molecule has 4 aromatic rings. The van der Waals surface area contributed by atoms with Crippen LogP contribution in [-0.4, -0.2) is 72.0 Å². The SMILES string of the molecule is CCc1nc(C(=O)N2CCN(c3nnnn3-c3ccccc3)CC2)nn1-c1c(Cl)cccc1Cl. The number of benzene rings is 2. The molecule has 1 aliphatic heterocycles. The molecule has 5 rings (SSSR count). The molecule has 1 saturated heterocycles. The third-order valence-corrected chi connectivity index (χ3v) is 6.24. The number of rotatable bonds is 5. The van der Waals surface area contributed by atoms with E-state index in [-0.39, 0.29) is 11.7 Å². The van der Waals surface area contributed by atoms with Crippen molar-refractivity contribution < 1.29 is 4.79 Å². The number of piperazine rings is 1. The van der Waals surface area contributed by atoms with Crippen molar-refractivity contribution in [3.05, 3.63) is 70.2 Å². The predicted molar refractivity (Wildman–Crippen MR) is 128 cm³/mol. The van der Waals surface area contributed by atoms with Crippen molar-refractivity contribution in [1.29, 1.82) is 0 Å². The van der Waals surface area contributed by atoms with E-state index >= 15 is 0 Å². The van der Waals surface area contributed by atoms with Crippen LogP contribution in [0.1, 0.15) is 23.4 Å². The summed E-state index contributed by atoms with van der Waals surface area (Å²) in [6.07, 6.45) is 0.567. The van der Waals surface area contributed by atoms with Crippen molar-refractivity contribution in [2.45, 2.75) is 13.3 Å². The lowest BCUT2D eigenvalue weighted by atomic mass is 10.3. The number of nitrogens with zero attached hydrogens (tertiary/aromatic N) is 9. The molecule has 0 atom stereocenters. The second-order valence-electron chi connectivity index (χ2n) is 7.69. The van der Waals surface area contributed by atoms with Crippen LogP contribution in [0.15, 0.2) is 48.5 Å². The number of tetrazole rings is 1. The zero-order valence-electron chi connectivity index (χ0n) is 18.3. The van der Waals surface area contributed by atoms with Crippen LogP contribution in [0.4, 0.5) is 5.95 Å². The normalized spacial score (nSPS) is 14.0. The van der Waals surface area contributed by atoms with E-state index in [1.165, 1.54) is 0 Å². The Morgan fingerprint density at radius 2 is 1.65 bits per heavy atom. The van der Waals surface area contributed by atoms with Gasteiger partial charge in [0.25, 0.3) is 5.91 Å². The molecule has 174 valence electrons. The summed E-state index contributed by atoms with van der Waals surface area (Å²) < 4.78 is 3.25. The quantitative estimate of drug-likeness (QED) is 0.417. The highest BCUT2D eigenvalue weighted by molar-refractivity contribution is 6.37. The van der Waals surface area contributed by atoms with Crippen molar-refractivity contribution in [1.82, 2.24) is 39.9 Å². The number of aromatic nitrogens is 7. The molecule has 1 amide bonds. The van der Waals surface area contributed by atoms with E-state index in [1.54, 1.807) is 32.5 Å². The summed E-state index contributed by atoms with van der Waals surface area (Å²) in [5.74, 6) is 1.13. The molecule has 1 fully saturated rings. The van der Waals surface area contributed by atoms with Gasteiger partial charge in [0, 0.05) is 32.6 Å². The van der Waals surface area contributed by atoms with Gasteiger partial charge in [0.05, 0.1) is 15.7 Å². The molecule has 0 saturated carbocycles. The first kappa shape index (κ1) is 22.3. The molecule has 3 heterocycles. The van der Waals surface area contributed by atoms with Gasteiger partial charge >= 0.3 is 0 Å². The number of aryl methyl sites for hydroxylation is 1. The lowest BCUT2D eigenvalue weighted by molar-refractivity contribution is 0.0734. The summed E-state index contributed by atoms with van der Waals surface area (Å²) in [6, 6.07) is 14.9. The van der Waals surface area contributed by atoms with E-state index in [0.717, 1.165) is 5.69 Å². The van der Waals surface area contributed by atoms with E-state index < -0.39 is 0 Å². The van der Waals surface area contributed by atoms with Crippen molar-refractivity contribution in [3.8, 4) is 11.4 Å². The Bertz CT molecular complexity index is 1290. The Labute approximate surface area is 205 Å². The molecular weight excluding hydrogens is 477 g/mol. The molecule has 0 spiro atoms. The third kappa shape index (κ3) is 4.10. The molecule has 34 heavy (non-hydrogen) atoms. The van der Waals surface area contributed by atoms with Crippen molar-refractivity contribution >= 4 is 35.1 Å². The average molecular weight is 498 g/mol. The molecule has 0 unspecified atom stereocenters. The van der Waals surface area contributed by atoms with Crippen molar-refractivity contribution in [2.75, 3.05) is 31.1 Å².